The second-order valence-corrected chi connectivity index (χ2v) is 7.20. The van der Waals surface area contributed by atoms with Crippen LogP contribution in [0.2, 0.25) is 0 Å². The third-order valence-electron chi connectivity index (χ3n) is 4.13. The lowest BCUT2D eigenvalue weighted by Crippen LogP contribution is -2.14. The van der Waals surface area contributed by atoms with Crippen LogP contribution in [0.4, 0.5) is 15.8 Å². The number of nitrogens with zero attached hydrogens (tertiary/aromatic N) is 1. The lowest BCUT2D eigenvalue weighted by molar-refractivity contribution is -0.384. The van der Waals surface area contributed by atoms with Gasteiger partial charge in [0, 0.05) is 22.6 Å². The Morgan fingerprint density at radius 1 is 1.41 bits per heavy atom. The van der Waals surface area contributed by atoms with Crippen LogP contribution in [0, 0.1) is 21.8 Å². The minimum absolute atomic E-state index is 0.0301. The summed E-state index contributed by atoms with van der Waals surface area (Å²) in [4.78, 5) is 10.7. The van der Waals surface area contributed by atoms with Gasteiger partial charge >= 0.3 is 0 Å². The van der Waals surface area contributed by atoms with Gasteiger partial charge in [0.15, 0.2) is 5.82 Å². The van der Waals surface area contributed by atoms with Crippen molar-refractivity contribution < 1.29 is 9.31 Å². The summed E-state index contributed by atoms with van der Waals surface area (Å²) >= 11 is 3.34. The van der Waals surface area contributed by atoms with Crippen LogP contribution < -0.4 is 5.32 Å². The summed E-state index contributed by atoms with van der Waals surface area (Å²) in [7, 11) is 0. The van der Waals surface area contributed by atoms with E-state index in [4.69, 9.17) is 0 Å². The Morgan fingerprint density at radius 3 is 2.59 bits per heavy atom. The molecule has 1 aliphatic rings. The summed E-state index contributed by atoms with van der Waals surface area (Å²) in [6, 6.07) is 1.44. The van der Waals surface area contributed by atoms with Crippen LogP contribution in [0.25, 0.3) is 0 Å². The minimum Gasteiger partial charge on any atom is -0.377 e. The molecule has 1 N–H and O–H groups in total. The Labute approximate surface area is 138 Å². The van der Waals surface area contributed by atoms with Crippen LogP contribution in [0.1, 0.15) is 57.4 Å². The molecule has 6 heteroatoms. The molecule has 0 spiro atoms. The monoisotopic (exact) mass is 372 g/mol. The lowest BCUT2D eigenvalue weighted by Gasteiger charge is -2.24. The molecule has 4 nitrogen and oxygen atoms in total. The number of nitro benzene ring substituents is 1. The lowest BCUT2D eigenvalue weighted by atomic mass is 9.83. The van der Waals surface area contributed by atoms with Gasteiger partial charge < -0.3 is 5.32 Å². The van der Waals surface area contributed by atoms with Gasteiger partial charge in [-0.3, -0.25) is 10.1 Å². The van der Waals surface area contributed by atoms with Crippen molar-refractivity contribution in [2.45, 2.75) is 51.9 Å². The van der Waals surface area contributed by atoms with E-state index in [-0.39, 0.29) is 23.2 Å². The summed E-state index contributed by atoms with van der Waals surface area (Å²) in [5.74, 6) is -0.0436. The first kappa shape index (κ1) is 17.2. The molecule has 2 rings (SSSR count). The molecule has 0 aromatic heterocycles. The van der Waals surface area contributed by atoms with Crippen LogP contribution in [-0.4, -0.2) is 11.5 Å². The molecule has 0 unspecified atom stereocenters. The topological polar surface area (TPSA) is 55.2 Å². The van der Waals surface area contributed by atoms with Crippen molar-refractivity contribution in [2.75, 3.05) is 11.9 Å². The molecule has 1 saturated carbocycles. The molecule has 0 bridgehead atoms. The van der Waals surface area contributed by atoms with E-state index in [9.17, 15) is 14.5 Å². The molecule has 1 fully saturated rings. The standard InChI is InChI=1S/C16H22BrFN2O2/c1-10(2)9-19-16-13(20(21)22)8-12(17)14(15(16)18)11-6-4-3-5-7-11/h8,10-11,19H,3-7,9H2,1-2H3. The Hall–Kier alpha value is -1.17. The fraction of sp³-hybridized carbons (Fsp3) is 0.625. The molecular formula is C16H22BrFN2O2. The van der Waals surface area contributed by atoms with Gasteiger partial charge in [-0.05, 0) is 24.7 Å². The fourth-order valence-corrected chi connectivity index (χ4v) is 3.72. The maximum atomic E-state index is 15.0. The van der Waals surface area contributed by atoms with E-state index in [0.717, 1.165) is 25.7 Å². The molecule has 22 heavy (non-hydrogen) atoms. The van der Waals surface area contributed by atoms with Crippen LogP contribution in [0.15, 0.2) is 10.5 Å². The minimum atomic E-state index is -0.527. The number of nitro groups is 1. The summed E-state index contributed by atoms with van der Waals surface area (Å²) < 4.78 is 15.5. The highest BCUT2D eigenvalue weighted by Gasteiger charge is 2.29. The molecule has 0 heterocycles. The number of nitrogens with one attached hydrogen (secondary N) is 1. The van der Waals surface area contributed by atoms with E-state index in [1.54, 1.807) is 0 Å². The number of halogens is 2. The summed E-state index contributed by atoms with van der Waals surface area (Å²) in [6.07, 6.45) is 5.24. The zero-order valence-corrected chi connectivity index (χ0v) is 14.6. The quantitative estimate of drug-likeness (QED) is 0.539. The van der Waals surface area contributed by atoms with Gasteiger partial charge in [-0.25, -0.2) is 4.39 Å². The molecular weight excluding hydrogens is 351 g/mol. The van der Waals surface area contributed by atoms with Gasteiger partial charge in [0.05, 0.1) is 4.92 Å². The first-order valence-corrected chi connectivity index (χ1v) is 8.61. The molecule has 0 radical (unpaired) electrons. The van der Waals surface area contributed by atoms with Crippen molar-refractivity contribution >= 4 is 27.3 Å². The van der Waals surface area contributed by atoms with Gasteiger partial charge in [0.25, 0.3) is 5.69 Å². The Morgan fingerprint density at radius 2 is 2.05 bits per heavy atom. The van der Waals surface area contributed by atoms with Crippen LogP contribution in [0.5, 0.6) is 0 Å². The molecule has 122 valence electrons. The second kappa shape index (κ2) is 7.40. The van der Waals surface area contributed by atoms with E-state index in [1.165, 1.54) is 12.5 Å². The number of anilines is 1. The van der Waals surface area contributed by atoms with Crippen LogP contribution >= 0.6 is 15.9 Å². The predicted octanol–water partition coefficient (Wildman–Crippen LogP) is 5.61. The van der Waals surface area contributed by atoms with Gasteiger partial charge in [-0.2, -0.15) is 0 Å². The van der Waals surface area contributed by atoms with Crippen molar-refractivity contribution in [3.8, 4) is 0 Å². The molecule has 1 aromatic rings. The fourth-order valence-electron chi connectivity index (χ4n) is 3.01. The normalized spacial score (nSPS) is 16.0. The van der Waals surface area contributed by atoms with Gasteiger partial charge in [0.2, 0.25) is 0 Å². The smallest absolute Gasteiger partial charge is 0.296 e. The van der Waals surface area contributed by atoms with Crippen molar-refractivity contribution in [1.82, 2.24) is 0 Å². The molecule has 1 aliphatic carbocycles. The second-order valence-electron chi connectivity index (χ2n) is 6.35. The van der Waals surface area contributed by atoms with Gasteiger partial charge in [0.1, 0.15) is 5.69 Å². The first-order chi connectivity index (χ1) is 10.4. The largest absolute Gasteiger partial charge is 0.377 e. The highest BCUT2D eigenvalue weighted by Crippen LogP contribution is 2.43. The summed E-state index contributed by atoms with van der Waals surface area (Å²) in [5, 5.41) is 14.2. The molecule has 0 saturated heterocycles. The molecule has 0 aliphatic heterocycles. The third kappa shape index (κ3) is 3.77. The predicted molar refractivity (Wildman–Crippen MR) is 89.9 cm³/mol. The summed E-state index contributed by atoms with van der Waals surface area (Å²) in [6.45, 7) is 4.47. The molecule has 0 atom stereocenters. The molecule has 1 aromatic carbocycles. The van der Waals surface area contributed by atoms with Crippen LogP contribution in [0.3, 0.4) is 0 Å². The Bertz CT molecular complexity index is 558. The highest BCUT2D eigenvalue weighted by atomic mass is 79.9. The third-order valence-corrected chi connectivity index (χ3v) is 4.79. The Kier molecular flexibility index (Phi) is 5.78. The number of rotatable bonds is 5. The zero-order chi connectivity index (χ0) is 16.3. The number of benzene rings is 1. The van der Waals surface area contributed by atoms with Crippen molar-refractivity contribution in [3.63, 3.8) is 0 Å². The first-order valence-electron chi connectivity index (χ1n) is 7.82. The number of hydrogen-bond acceptors (Lipinski definition) is 3. The van der Waals surface area contributed by atoms with E-state index in [0.29, 0.717) is 16.6 Å². The highest BCUT2D eigenvalue weighted by molar-refractivity contribution is 9.10. The molecule has 0 amide bonds. The van der Waals surface area contributed by atoms with E-state index >= 15 is 0 Å². The number of hydrogen-bond donors (Lipinski definition) is 1. The van der Waals surface area contributed by atoms with E-state index in [1.807, 2.05) is 13.8 Å². The van der Waals surface area contributed by atoms with E-state index in [2.05, 4.69) is 21.2 Å². The average molecular weight is 373 g/mol. The van der Waals surface area contributed by atoms with Crippen molar-refractivity contribution in [2.24, 2.45) is 5.92 Å². The maximum absolute atomic E-state index is 15.0. The van der Waals surface area contributed by atoms with Crippen LogP contribution in [-0.2, 0) is 0 Å². The van der Waals surface area contributed by atoms with Crippen molar-refractivity contribution in [1.29, 1.82) is 0 Å². The zero-order valence-electron chi connectivity index (χ0n) is 13.0. The maximum Gasteiger partial charge on any atom is 0.296 e. The average Bonchev–Trinajstić information content (AvgIpc) is 2.46. The van der Waals surface area contributed by atoms with Crippen molar-refractivity contribution in [3.05, 3.63) is 32.0 Å². The van der Waals surface area contributed by atoms with Gasteiger partial charge in [-0.15, -0.1) is 0 Å². The summed E-state index contributed by atoms with van der Waals surface area (Å²) in [5.41, 5.74) is 0.420. The van der Waals surface area contributed by atoms with E-state index < -0.39 is 10.7 Å². The van der Waals surface area contributed by atoms with Gasteiger partial charge in [-0.1, -0.05) is 49.0 Å². The Balaban J connectivity index is 2.45. The SMILES string of the molecule is CC(C)CNc1c([N+](=O)[O-])cc(Br)c(C2CCCCC2)c1F.